The SMILES string of the molecule is Cc1ccc(O[C@@H](C)C(=O)NC(C)(C)CC(C)(C)C)cc1. The van der Waals surface area contributed by atoms with Gasteiger partial charge in [-0.1, -0.05) is 38.5 Å². The first-order valence-electron chi connectivity index (χ1n) is 7.54. The molecule has 0 aliphatic carbocycles. The first-order valence-corrected chi connectivity index (χ1v) is 7.54. The van der Waals surface area contributed by atoms with E-state index in [4.69, 9.17) is 4.74 Å². The van der Waals surface area contributed by atoms with Crippen LogP contribution in [-0.2, 0) is 4.79 Å². The standard InChI is InChI=1S/C18H29NO2/c1-13-8-10-15(11-9-13)21-14(2)16(20)19-18(6,7)12-17(3,4)5/h8-11,14H,12H2,1-7H3,(H,19,20)/t14-/m0/s1. The fourth-order valence-corrected chi connectivity index (χ4v) is 2.68. The predicted molar refractivity (Wildman–Crippen MR) is 87.6 cm³/mol. The molecule has 0 aliphatic heterocycles. The van der Waals surface area contributed by atoms with Crippen LogP contribution in [0.5, 0.6) is 5.75 Å². The fourth-order valence-electron chi connectivity index (χ4n) is 2.68. The van der Waals surface area contributed by atoms with Crippen molar-refractivity contribution >= 4 is 5.91 Å². The number of hydrogen-bond acceptors (Lipinski definition) is 2. The van der Waals surface area contributed by atoms with Crippen LogP contribution in [0.2, 0.25) is 0 Å². The molecule has 1 aromatic carbocycles. The molecular weight excluding hydrogens is 262 g/mol. The summed E-state index contributed by atoms with van der Waals surface area (Å²) >= 11 is 0. The molecule has 1 rings (SSSR count). The molecule has 1 N–H and O–H groups in total. The van der Waals surface area contributed by atoms with Gasteiger partial charge in [-0.25, -0.2) is 0 Å². The molecule has 1 amide bonds. The van der Waals surface area contributed by atoms with Gasteiger partial charge in [-0.2, -0.15) is 0 Å². The van der Waals surface area contributed by atoms with Gasteiger partial charge < -0.3 is 10.1 Å². The summed E-state index contributed by atoms with van der Waals surface area (Å²) in [5.41, 5.74) is 1.09. The molecule has 3 nitrogen and oxygen atoms in total. The maximum atomic E-state index is 12.3. The van der Waals surface area contributed by atoms with Gasteiger partial charge in [0.2, 0.25) is 0 Å². The lowest BCUT2D eigenvalue weighted by Gasteiger charge is -2.34. The van der Waals surface area contributed by atoms with Gasteiger partial charge in [0.05, 0.1) is 0 Å². The van der Waals surface area contributed by atoms with Gasteiger partial charge in [-0.05, 0) is 51.7 Å². The summed E-state index contributed by atoms with van der Waals surface area (Å²) in [6, 6.07) is 7.73. The highest BCUT2D eigenvalue weighted by molar-refractivity contribution is 5.81. The molecule has 118 valence electrons. The Bertz CT molecular complexity index is 469. The van der Waals surface area contributed by atoms with Gasteiger partial charge in [0, 0.05) is 5.54 Å². The van der Waals surface area contributed by atoms with Crippen LogP contribution in [0.15, 0.2) is 24.3 Å². The maximum absolute atomic E-state index is 12.3. The molecule has 1 aromatic rings. The van der Waals surface area contributed by atoms with Crippen LogP contribution >= 0.6 is 0 Å². The summed E-state index contributed by atoms with van der Waals surface area (Å²) < 4.78 is 5.70. The second-order valence-corrected chi connectivity index (χ2v) is 7.68. The quantitative estimate of drug-likeness (QED) is 0.887. The van der Waals surface area contributed by atoms with Gasteiger partial charge in [0.25, 0.3) is 5.91 Å². The predicted octanol–water partition coefficient (Wildman–Crippen LogP) is 4.09. The Kier molecular flexibility index (Phi) is 5.43. The van der Waals surface area contributed by atoms with Crippen molar-refractivity contribution in [3.63, 3.8) is 0 Å². The molecule has 1 atom stereocenters. The maximum Gasteiger partial charge on any atom is 0.261 e. The smallest absolute Gasteiger partial charge is 0.261 e. The average molecular weight is 291 g/mol. The van der Waals surface area contributed by atoms with Crippen LogP contribution in [-0.4, -0.2) is 17.6 Å². The summed E-state index contributed by atoms with van der Waals surface area (Å²) in [5, 5.41) is 3.08. The first-order chi connectivity index (χ1) is 9.48. The van der Waals surface area contributed by atoms with Gasteiger partial charge in [-0.3, -0.25) is 4.79 Å². The molecular formula is C18H29NO2. The molecule has 3 heteroatoms. The molecule has 21 heavy (non-hydrogen) atoms. The number of benzene rings is 1. The number of hydrogen-bond donors (Lipinski definition) is 1. The van der Waals surface area contributed by atoms with Crippen LogP contribution in [0.3, 0.4) is 0 Å². The van der Waals surface area contributed by atoms with E-state index in [2.05, 4.69) is 39.9 Å². The highest BCUT2D eigenvalue weighted by Crippen LogP contribution is 2.27. The van der Waals surface area contributed by atoms with Crippen molar-refractivity contribution in [2.75, 3.05) is 0 Å². The number of nitrogens with one attached hydrogen (secondary N) is 1. The van der Waals surface area contributed by atoms with Crippen LogP contribution < -0.4 is 10.1 Å². The van der Waals surface area contributed by atoms with E-state index in [1.54, 1.807) is 6.92 Å². The van der Waals surface area contributed by atoms with Crippen LogP contribution in [0, 0.1) is 12.3 Å². The van der Waals surface area contributed by atoms with E-state index < -0.39 is 6.10 Å². The number of amides is 1. The zero-order valence-electron chi connectivity index (χ0n) is 14.4. The number of rotatable bonds is 5. The number of ether oxygens (including phenoxy) is 1. The largest absolute Gasteiger partial charge is 0.481 e. The monoisotopic (exact) mass is 291 g/mol. The summed E-state index contributed by atoms with van der Waals surface area (Å²) in [4.78, 5) is 12.3. The van der Waals surface area contributed by atoms with Crippen molar-refractivity contribution in [2.45, 2.75) is 66.5 Å². The third-order valence-electron chi connectivity index (χ3n) is 3.14. The zero-order valence-corrected chi connectivity index (χ0v) is 14.4. The van der Waals surface area contributed by atoms with Crippen molar-refractivity contribution in [1.29, 1.82) is 0 Å². The Hall–Kier alpha value is -1.51. The minimum atomic E-state index is -0.507. The Balaban J connectivity index is 2.60. The zero-order chi connectivity index (χ0) is 16.3. The van der Waals surface area contributed by atoms with E-state index in [1.807, 2.05) is 31.2 Å². The summed E-state index contributed by atoms with van der Waals surface area (Å²) in [5.74, 6) is 0.640. The minimum absolute atomic E-state index is 0.0789. The van der Waals surface area contributed by atoms with E-state index in [-0.39, 0.29) is 16.9 Å². The summed E-state index contributed by atoms with van der Waals surface area (Å²) in [7, 11) is 0. The number of carbonyl (C=O) groups is 1. The molecule has 0 heterocycles. The van der Waals surface area contributed by atoms with Crippen molar-refractivity contribution < 1.29 is 9.53 Å². The minimum Gasteiger partial charge on any atom is -0.481 e. The molecule has 0 aliphatic rings. The topological polar surface area (TPSA) is 38.3 Å². The molecule has 0 bridgehead atoms. The Labute approximate surface area is 129 Å². The lowest BCUT2D eigenvalue weighted by atomic mass is 9.81. The summed E-state index contributed by atoms with van der Waals surface area (Å²) in [6.07, 6.45) is 0.398. The van der Waals surface area contributed by atoms with Gasteiger partial charge >= 0.3 is 0 Å². The molecule has 0 radical (unpaired) electrons. The lowest BCUT2D eigenvalue weighted by molar-refractivity contribution is -0.129. The van der Waals surface area contributed by atoms with Gasteiger partial charge in [-0.15, -0.1) is 0 Å². The fraction of sp³-hybridized carbons (Fsp3) is 0.611. The Morgan fingerprint density at radius 1 is 1.14 bits per heavy atom. The molecule has 0 saturated carbocycles. The second-order valence-electron chi connectivity index (χ2n) is 7.68. The Morgan fingerprint density at radius 3 is 2.14 bits per heavy atom. The van der Waals surface area contributed by atoms with E-state index >= 15 is 0 Å². The van der Waals surface area contributed by atoms with Crippen molar-refractivity contribution in [3.8, 4) is 5.75 Å². The number of aryl methyl sites for hydroxylation is 1. The average Bonchev–Trinajstić information content (AvgIpc) is 2.28. The van der Waals surface area contributed by atoms with Crippen LogP contribution in [0.4, 0.5) is 0 Å². The first kappa shape index (κ1) is 17.5. The molecule has 0 saturated heterocycles. The van der Waals surface area contributed by atoms with E-state index in [9.17, 15) is 4.79 Å². The van der Waals surface area contributed by atoms with E-state index in [0.717, 1.165) is 12.2 Å². The highest BCUT2D eigenvalue weighted by atomic mass is 16.5. The highest BCUT2D eigenvalue weighted by Gasteiger charge is 2.29. The third kappa shape index (κ3) is 6.65. The van der Waals surface area contributed by atoms with Crippen LogP contribution in [0.1, 0.15) is 53.5 Å². The van der Waals surface area contributed by atoms with Gasteiger partial charge in [0.1, 0.15) is 5.75 Å². The molecule has 0 spiro atoms. The number of carbonyl (C=O) groups excluding carboxylic acids is 1. The lowest BCUT2D eigenvalue weighted by Crippen LogP contribution is -2.50. The Morgan fingerprint density at radius 2 is 1.67 bits per heavy atom. The van der Waals surface area contributed by atoms with Gasteiger partial charge in [0.15, 0.2) is 6.10 Å². The van der Waals surface area contributed by atoms with E-state index in [0.29, 0.717) is 0 Å². The van der Waals surface area contributed by atoms with E-state index in [1.165, 1.54) is 5.56 Å². The molecule has 0 aromatic heterocycles. The third-order valence-corrected chi connectivity index (χ3v) is 3.14. The van der Waals surface area contributed by atoms with Crippen molar-refractivity contribution in [3.05, 3.63) is 29.8 Å². The molecule has 0 unspecified atom stereocenters. The van der Waals surface area contributed by atoms with Crippen molar-refractivity contribution in [2.24, 2.45) is 5.41 Å². The van der Waals surface area contributed by atoms with Crippen LogP contribution in [0.25, 0.3) is 0 Å². The van der Waals surface area contributed by atoms with Crippen molar-refractivity contribution in [1.82, 2.24) is 5.32 Å². The normalized spacial score (nSPS) is 13.7. The molecule has 0 fully saturated rings. The second kappa shape index (κ2) is 6.50. The summed E-state index contributed by atoms with van der Waals surface area (Å²) in [6.45, 7) is 14.4.